The van der Waals surface area contributed by atoms with Gasteiger partial charge in [-0.2, -0.15) is 0 Å². The summed E-state index contributed by atoms with van der Waals surface area (Å²) >= 11 is 0. The number of alkyl carbamates (subject to hydrolysis) is 1. The van der Waals surface area contributed by atoms with Gasteiger partial charge >= 0.3 is 12.1 Å². The molecule has 3 N–H and O–H groups in total. The third-order valence-corrected chi connectivity index (χ3v) is 14.2. The molecule has 16 nitrogen and oxygen atoms in total. The number of aliphatic hydroxyl groups is 2. The molecule has 3 saturated heterocycles. The minimum atomic E-state index is -1.77. The molecule has 1 aromatic rings. The third-order valence-electron chi connectivity index (χ3n) is 14.2. The van der Waals surface area contributed by atoms with Crippen molar-refractivity contribution in [2.75, 3.05) is 42.0 Å². The summed E-state index contributed by atoms with van der Waals surface area (Å²) < 4.78 is 57.1. The first-order valence-corrected chi connectivity index (χ1v) is 23.0. The Kier molecular flexibility index (Phi) is 19.2. The van der Waals surface area contributed by atoms with Crippen molar-refractivity contribution >= 4 is 17.8 Å². The van der Waals surface area contributed by atoms with Gasteiger partial charge in [-0.3, -0.25) is 9.59 Å². The number of methoxy groups -OCH3 is 3. The Morgan fingerprint density at radius 2 is 1.50 bits per heavy atom. The van der Waals surface area contributed by atoms with Crippen LogP contribution < -0.4 is 5.32 Å². The second-order valence-corrected chi connectivity index (χ2v) is 19.4. The number of Topliss-reactive ketones (excluding diaryl/α,β-unsaturated/α-hetero) is 1. The number of carbonyl (C=O) groups excluding carboxylic acids is 3. The molecule has 0 unspecified atom stereocenters. The van der Waals surface area contributed by atoms with Gasteiger partial charge in [-0.1, -0.05) is 58.0 Å². The average Bonchev–Trinajstić information content (AvgIpc) is 3.25. The van der Waals surface area contributed by atoms with E-state index >= 15 is 0 Å². The lowest BCUT2D eigenvalue weighted by atomic mass is 9.73. The van der Waals surface area contributed by atoms with Gasteiger partial charge in [0.1, 0.15) is 29.2 Å². The van der Waals surface area contributed by atoms with Crippen molar-refractivity contribution in [3.63, 3.8) is 0 Å². The SMILES string of the molecule is CC[C@H]1OC(=O)[C@H](C)[C@@H](O[C@H]2C[C@@](C)(OC)[C@@H](OC(=O)NCCc3ccccc3)[C@H](C)O2)[C@H](C)[C@@H](O[C@@H]2O[C@H](C)C[C@H](N(C)C)[C@H]2O)[C@](C)(OC)C[C@@H](C)C(=O)[C@H](C)[C@@H](OC)[C@]1(C)O. The summed E-state index contributed by atoms with van der Waals surface area (Å²) in [5, 5.41) is 26.7. The number of ketones is 1. The molecule has 0 spiro atoms. The molecule has 0 bridgehead atoms. The number of amides is 1. The number of ether oxygens (including phenoxy) is 9. The van der Waals surface area contributed by atoms with Crippen LogP contribution >= 0.6 is 0 Å². The van der Waals surface area contributed by atoms with Gasteiger partial charge in [-0.15, -0.1) is 0 Å². The van der Waals surface area contributed by atoms with Crippen LogP contribution in [0.15, 0.2) is 30.3 Å². The van der Waals surface area contributed by atoms with E-state index in [1.54, 1.807) is 34.6 Å². The van der Waals surface area contributed by atoms with Crippen molar-refractivity contribution in [3.8, 4) is 0 Å². The maximum atomic E-state index is 14.6. The van der Waals surface area contributed by atoms with Gasteiger partial charge in [0.2, 0.25) is 0 Å². The molecule has 1 amide bonds. The second-order valence-electron chi connectivity index (χ2n) is 19.4. The lowest BCUT2D eigenvalue weighted by Crippen LogP contribution is -2.62. The highest BCUT2D eigenvalue weighted by atomic mass is 16.7. The fourth-order valence-corrected chi connectivity index (χ4v) is 10.3. The lowest BCUT2D eigenvalue weighted by molar-refractivity contribution is -0.319. The van der Waals surface area contributed by atoms with Crippen molar-refractivity contribution in [1.82, 2.24) is 10.2 Å². The Hall–Kier alpha value is -2.77. The first-order chi connectivity index (χ1) is 30.0. The number of hydrogen-bond donors (Lipinski definition) is 3. The van der Waals surface area contributed by atoms with Crippen LogP contribution in [0.2, 0.25) is 0 Å². The largest absolute Gasteiger partial charge is 0.459 e. The number of carbonyl (C=O) groups is 3. The maximum Gasteiger partial charge on any atom is 0.407 e. The number of cyclic esters (lactones) is 1. The number of rotatable bonds is 13. The fraction of sp³-hybridized carbons (Fsp3) is 0.812. The number of aliphatic hydroxyl groups excluding tert-OH is 1. The number of likely N-dealkylation sites (N-methyl/N-ethyl adjacent to an activating group) is 1. The Morgan fingerprint density at radius 1 is 0.875 bits per heavy atom. The zero-order valence-corrected chi connectivity index (χ0v) is 41.0. The van der Waals surface area contributed by atoms with Crippen molar-refractivity contribution in [2.45, 2.75) is 186 Å². The topological polar surface area (TPSA) is 190 Å². The standard InChI is InChI=1S/C48H80N2O14/c1-16-35-48(10,55)41(56-13)29(4)37(51)27(2)25-46(8,57-14)40(63-44-38(52)34(50(11)12)24-28(3)59-44)30(5)39(31(6)43(53)61-35)62-36-26-47(9,58-15)42(32(7)60-36)64-45(54)49-23-22-33-20-18-17-19-21-33/h17-21,27-32,34-36,38-42,44,52,55H,16,22-26H2,1-15H3,(H,49,54)/t27-,28-,29+,30+,31-,32+,34+,35-,36+,38-,39+,40-,41-,42+,44+,46-,47-,48-/m1/s1. The van der Waals surface area contributed by atoms with Gasteiger partial charge in [0, 0.05) is 58.1 Å². The van der Waals surface area contributed by atoms with Gasteiger partial charge in [0.05, 0.1) is 42.0 Å². The first kappa shape index (κ1) is 53.8. The molecule has 4 rings (SSSR count). The zero-order chi connectivity index (χ0) is 47.9. The Labute approximate surface area is 381 Å². The van der Waals surface area contributed by atoms with Crippen molar-refractivity contribution in [3.05, 3.63) is 35.9 Å². The molecular formula is C48H80N2O14. The number of nitrogens with one attached hydrogen (secondary N) is 1. The summed E-state index contributed by atoms with van der Waals surface area (Å²) in [5.41, 5.74) is -3.05. The van der Waals surface area contributed by atoms with Crippen LogP contribution in [0.4, 0.5) is 4.79 Å². The van der Waals surface area contributed by atoms with E-state index in [1.165, 1.54) is 28.3 Å². The molecule has 3 aliphatic rings. The van der Waals surface area contributed by atoms with Gasteiger partial charge in [0.25, 0.3) is 0 Å². The molecule has 366 valence electrons. The molecular weight excluding hydrogens is 829 g/mol. The zero-order valence-electron chi connectivity index (χ0n) is 41.0. The van der Waals surface area contributed by atoms with Crippen LogP contribution in [0, 0.1) is 23.7 Å². The van der Waals surface area contributed by atoms with Gasteiger partial charge in [-0.25, -0.2) is 4.79 Å². The number of esters is 1. The molecule has 0 aromatic heterocycles. The molecule has 0 radical (unpaired) electrons. The highest BCUT2D eigenvalue weighted by molar-refractivity contribution is 5.83. The number of nitrogens with zero attached hydrogens (tertiary/aromatic N) is 1. The molecule has 0 aliphatic carbocycles. The monoisotopic (exact) mass is 909 g/mol. The van der Waals surface area contributed by atoms with Gasteiger partial charge in [0.15, 0.2) is 18.7 Å². The highest BCUT2D eigenvalue weighted by Crippen LogP contribution is 2.42. The van der Waals surface area contributed by atoms with E-state index in [4.69, 9.17) is 42.6 Å². The predicted octanol–water partition coefficient (Wildman–Crippen LogP) is 5.07. The van der Waals surface area contributed by atoms with Crippen LogP contribution in [0.3, 0.4) is 0 Å². The predicted molar refractivity (Wildman–Crippen MR) is 238 cm³/mol. The van der Waals surface area contributed by atoms with Gasteiger partial charge in [-0.05, 0) is 86.9 Å². The average molecular weight is 909 g/mol. The highest BCUT2D eigenvalue weighted by Gasteiger charge is 2.55. The van der Waals surface area contributed by atoms with E-state index < -0.39 is 108 Å². The number of hydrogen-bond acceptors (Lipinski definition) is 15. The molecule has 0 saturated carbocycles. The van der Waals surface area contributed by atoms with Crippen LogP contribution in [0.1, 0.15) is 100 Å². The first-order valence-electron chi connectivity index (χ1n) is 23.0. The Bertz CT molecular complexity index is 1650. The summed E-state index contributed by atoms with van der Waals surface area (Å²) in [4.78, 5) is 44.0. The van der Waals surface area contributed by atoms with Crippen molar-refractivity contribution < 1.29 is 67.2 Å². The van der Waals surface area contributed by atoms with Gasteiger partial charge < -0.3 is 63.1 Å². The number of benzene rings is 1. The van der Waals surface area contributed by atoms with Crippen molar-refractivity contribution in [2.24, 2.45) is 23.7 Å². The molecule has 16 heteroatoms. The van der Waals surface area contributed by atoms with E-state index in [2.05, 4.69) is 5.32 Å². The maximum absolute atomic E-state index is 14.6. The normalized spacial score (nSPS) is 41.8. The van der Waals surface area contributed by atoms with Crippen LogP contribution in [-0.4, -0.2) is 159 Å². The molecule has 18 atom stereocenters. The second kappa shape index (κ2) is 22.8. The minimum absolute atomic E-state index is 0.0889. The Morgan fingerprint density at radius 3 is 2.08 bits per heavy atom. The summed E-state index contributed by atoms with van der Waals surface area (Å²) in [6.45, 7) is 18.1. The minimum Gasteiger partial charge on any atom is -0.459 e. The molecule has 3 aliphatic heterocycles. The lowest BCUT2D eigenvalue weighted by Gasteiger charge is -2.50. The molecule has 64 heavy (non-hydrogen) atoms. The smallest absolute Gasteiger partial charge is 0.407 e. The van der Waals surface area contributed by atoms with E-state index in [0.717, 1.165) is 5.56 Å². The molecule has 1 aromatic carbocycles. The van der Waals surface area contributed by atoms with E-state index in [9.17, 15) is 24.6 Å². The van der Waals surface area contributed by atoms with E-state index in [1.807, 2.05) is 77.0 Å². The summed E-state index contributed by atoms with van der Waals surface area (Å²) in [7, 11) is 8.26. The van der Waals surface area contributed by atoms with Crippen LogP contribution in [-0.2, 0) is 58.6 Å². The fourth-order valence-electron chi connectivity index (χ4n) is 10.3. The van der Waals surface area contributed by atoms with Crippen molar-refractivity contribution in [1.29, 1.82) is 0 Å². The molecule has 3 fully saturated rings. The summed E-state index contributed by atoms with van der Waals surface area (Å²) in [5.74, 6) is -4.08. The quantitative estimate of drug-likeness (QED) is 0.222. The van der Waals surface area contributed by atoms with E-state index in [0.29, 0.717) is 19.4 Å². The van der Waals surface area contributed by atoms with Crippen LogP contribution in [0.25, 0.3) is 0 Å². The third kappa shape index (κ3) is 12.4. The van der Waals surface area contributed by atoms with E-state index in [-0.39, 0.29) is 37.2 Å². The molecule has 3 heterocycles. The Balaban J connectivity index is 1.76. The summed E-state index contributed by atoms with van der Waals surface area (Å²) in [6, 6.07) is 9.50. The van der Waals surface area contributed by atoms with Crippen LogP contribution in [0.5, 0.6) is 0 Å². The summed E-state index contributed by atoms with van der Waals surface area (Å²) in [6.07, 6.45) is -8.16.